The number of nitrogens with zero attached hydrogens (tertiary/aromatic N) is 2. The number of hydrogen-bond acceptors (Lipinski definition) is 8. The maximum atomic E-state index is 15.5. The van der Waals surface area contributed by atoms with Gasteiger partial charge < -0.3 is 14.2 Å². The highest BCUT2D eigenvalue weighted by atomic mass is 16.6. The molecule has 2 aliphatic heterocycles. The van der Waals surface area contributed by atoms with E-state index < -0.39 is 57.9 Å². The number of rotatable bonds is 2. The average Bonchev–Trinajstić information content (AvgIpc) is 3.56. The molecule has 6 rings (SSSR count). The summed E-state index contributed by atoms with van der Waals surface area (Å²) in [6.45, 7) is 10.1. The lowest BCUT2D eigenvalue weighted by molar-refractivity contribution is -0.137. The second-order valence-corrected chi connectivity index (χ2v) is 13.8. The number of fused-ring (bicyclic) bond motifs is 5. The van der Waals surface area contributed by atoms with Gasteiger partial charge in [0.1, 0.15) is 22.0 Å². The first-order valence-electron chi connectivity index (χ1n) is 15.3. The molecule has 0 N–H and O–H groups in total. The van der Waals surface area contributed by atoms with Crippen LogP contribution in [0.4, 0.5) is 21.0 Å². The van der Waals surface area contributed by atoms with Gasteiger partial charge in [0.25, 0.3) is 5.91 Å². The highest BCUT2D eigenvalue weighted by molar-refractivity contribution is 6.31. The molecule has 3 aliphatic rings. The van der Waals surface area contributed by atoms with E-state index in [2.05, 4.69) is 0 Å². The van der Waals surface area contributed by atoms with E-state index >= 15 is 9.59 Å². The topological polar surface area (TPSA) is 120 Å². The maximum Gasteiger partial charge on any atom is 0.421 e. The Bertz CT molecular complexity index is 1870. The zero-order valence-corrected chi connectivity index (χ0v) is 27.3. The number of anilines is 2. The Balaban J connectivity index is 1.75. The molecule has 1 aliphatic carbocycles. The zero-order valence-electron chi connectivity index (χ0n) is 27.3. The number of amides is 4. The van der Waals surface area contributed by atoms with Gasteiger partial charge in [0.15, 0.2) is 0 Å². The van der Waals surface area contributed by atoms with Crippen LogP contribution in [0.25, 0.3) is 0 Å². The SMILES string of the molecule is COC(=O)C1=C[C@@]2(C(=O)N(C(=O)OC(C)(C)C)c3ccccc32)[C@]2(C(=O)N(C(=O)OC(C)(C)C)c3ccccc32)C1c1ccccc1. The van der Waals surface area contributed by atoms with Crippen LogP contribution >= 0.6 is 0 Å². The van der Waals surface area contributed by atoms with E-state index in [-0.39, 0.29) is 16.9 Å². The molecule has 0 radical (unpaired) electrons. The van der Waals surface area contributed by atoms with Gasteiger partial charge in [-0.2, -0.15) is 0 Å². The van der Waals surface area contributed by atoms with E-state index in [0.29, 0.717) is 16.7 Å². The van der Waals surface area contributed by atoms with Gasteiger partial charge in [0.05, 0.1) is 18.5 Å². The van der Waals surface area contributed by atoms with Gasteiger partial charge in [-0.3, -0.25) is 9.59 Å². The number of imide groups is 2. The Hall–Kier alpha value is -5.25. The summed E-state index contributed by atoms with van der Waals surface area (Å²) in [5.41, 5.74) is -4.36. The molecular formula is C37H36N2O8. The molecule has 47 heavy (non-hydrogen) atoms. The molecule has 242 valence electrons. The Morgan fingerprint density at radius 3 is 1.66 bits per heavy atom. The smallest absolute Gasteiger partial charge is 0.421 e. The summed E-state index contributed by atoms with van der Waals surface area (Å²) < 4.78 is 16.7. The lowest BCUT2D eigenvalue weighted by Gasteiger charge is -2.42. The van der Waals surface area contributed by atoms with Crippen LogP contribution in [0.3, 0.4) is 0 Å². The number of para-hydroxylation sites is 2. The molecule has 0 aromatic heterocycles. The van der Waals surface area contributed by atoms with E-state index in [4.69, 9.17) is 14.2 Å². The number of hydrogen-bond donors (Lipinski definition) is 0. The van der Waals surface area contributed by atoms with Crippen LogP contribution in [-0.2, 0) is 39.4 Å². The van der Waals surface area contributed by atoms with Crippen molar-refractivity contribution in [3.05, 3.63) is 107 Å². The van der Waals surface area contributed by atoms with Crippen molar-refractivity contribution >= 4 is 41.3 Å². The summed E-state index contributed by atoms with van der Waals surface area (Å²) in [4.78, 5) is 74.3. The number of carbonyl (C=O) groups is 5. The largest absolute Gasteiger partial charge is 0.466 e. The van der Waals surface area contributed by atoms with Crippen LogP contribution in [0.5, 0.6) is 0 Å². The first kappa shape index (κ1) is 31.7. The fourth-order valence-corrected chi connectivity index (χ4v) is 7.23. The maximum absolute atomic E-state index is 15.5. The summed E-state index contributed by atoms with van der Waals surface area (Å²) in [6, 6.07) is 22.1. The Morgan fingerprint density at radius 1 is 0.660 bits per heavy atom. The normalized spacial score (nSPS) is 23.1. The van der Waals surface area contributed by atoms with Crippen molar-refractivity contribution in [1.82, 2.24) is 0 Å². The fourth-order valence-electron chi connectivity index (χ4n) is 7.23. The lowest BCUT2D eigenvalue weighted by atomic mass is 9.54. The molecule has 3 aromatic carbocycles. The predicted octanol–water partition coefficient (Wildman–Crippen LogP) is 6.32. The van der Waals surface area contributed by atoms with E-state index in [1.165, 1.54) is 13.2 Å². The highest BCUT2D eigenvalue weighted by Gasteiger charge is 2.78. The van der Waals surface area contributed by atoms with Gasteiger partial charge in [-0.15, -0.1) is 0 Å². The third-order valence-corrected chi connectivity index (χ3v) is 8.66. The quantitative estimate of drug-likeness (QED) is 0.237. The number of ether oxygens (including phenoxy) is 3. The number of methoxy groups -OCH3 is 1. The van der Waals surface area contributed by atoms with Gasteiger partial charge in [0.2, 0.25) is 5.91 Å². The molecule has 3 atom stereocenters. The summed E-state index contributed by atoms with van der Waals surface area (Å²) in [7, 11) is 1.22. The van der Waals surface area contributed by atoms with E-state index in [9.17, 15) is 14.4 Å². The van der Waals surface area contributed by atoms with Gasteiger partial charge in [-0.05, 0) is 70.4 Å². The molecule has 0 bridgehead atoms. The standard InChI is InChI=1S/C37H36N2O8/c1-34(2,3)46-32(43)38-26-19-13-11-17-24(26)36(30(38)41)21-23(29(40)45-7)28(22-15-9-8-10-16-22)37(36)25-18-12-14-20-27(25)39(31(37)42)33(44)47-35(4,5)6/h8-21,28H,1-7H3/t28?,36-,37+/m1/s1. The molecule has 0 saturated heterocycles. The van der Waals surface area contributed by atoms with Crippen molar-refractivity contribution < 1.29 is 38.2 Å². The molecule has 3 aromatic rings. The summed E-state index contributed by atoms with van der Waals surface area (Å²) in [6.07, 6.45) is -0.432. The van der Waals surface area contributed by atoms with Crippen molar-refractivity contribution in [3.8, 4) is 0 Å². The monoisotopic (exact) mass is 636 g/mol. The van der Waals surface area contributed by atoms with Crippen LogP contribution in [0.15, 0.2) is 90.5 Å². The Morgan fingerprint density at radius 2 is 1.13 bits per heavy atom. The zero-order chi connectivity index (χ0) is 34.1. The highest BCUT2D eigenvalue weighted by Crippen LogP contribution is 2.69. The second-order valence-electron chi connectivity index (χ2n) is 13.8. The van der Waals surface area contributed by atoms with Crippen molar-refractivity contribution in [2.45, 2.75) is 69.5 Å². The minimum Gasteiger partial charge on any atom is -0.466 e. The molecule has 2 heterocycles. The molecule has 10 heteroatoms. The summed E-state index contributed by atoms with van der Waals surface area (Å²) >= 11 is 0. The minimum absolute atomic E-state index is 0.0297. The minimum atomic E-state index is -2.01. The fraction of sp³-hybridized carbons (Fsp3) is 0.324. The summed E-state index contributed by atoms with van der Waals surface area (Å²) in [5.74, 6) is -3.49. The van der Waals surface area contributed by atoms with Gasteiger partial charge >= 0.3 is 18.2 Å². The molecule has 1 unspecified atom stereocenters. The predicted molar refractivity (Wildman–Crippen MR) is 173 cm³/mol. The van der Waals surface area contributed by atoms with Crippen molar-refractivity contribution in [2.24, 2.45) is 0 Å². The van der Waals surface area contributed by atoms with Crippen LogP contribution in [0.2, 0.25) is 0 Å². The van der Waals surface area contributed by atoms with Crippen LogP contribution in [0.1, 0.15) is 64.2 Å². The third-order valence-electron chi connectivity index (χ3n) is 8.66. The molecule has 2 spiro atoms. The Kier molecular flexibility index (Phi) is 7.19. The van der Waals surface area contributed by atoms with Gasteiger partial charge in [0, 0.05) is 11.5 Å². The molecule has 4 amide bonds. The van der Waals surface area contributed by atoms with Crippen molar-refractivity contribution in [1.29, 1.82) is 0 Å². The molecule has 0 fully saturated rings. The Labute approximate surface area is 272 Å². The number of benzene rings is 3. The molecular weight excluding hydrogens is 600 g/mol. The number of esters is 1. The van der Waals surface area contributed by atoms with E-state index in [1.54, 1.807) is 120 Å². The van der Waals surface area contributed by atoms with Gasteiger partial charge in [-0.1, -0.05) is 72.8 Å². The average molecular weight is 637 g/mol. The first-order chi connectivity index (χ1) is 22.1. The second kappa shape index (κ2) is 10.7. The molecule has 10 nitrogen and oxygen atoms in total. The van der Waals surface area contributed by atoms with E-state index in [1.807, 2.05) is 0 Å². The number of carbonyl (C=O) groups excluding carboxylic acids is 5. The first-order valence-corrected chi connectivity index (χ1v) is 15.3. The van der Waals surface area contributed by atoms with Crippen LogP contribution < -0.4 is 9.80 Å². The van der Waals surface area contributed by atoms with Gasteiger partial charge in [-0.25, -0.2) is 24.2 Å². The molecule has 0 saturated carbocycles. The van der Waals surface area contributed by atoms with Crippen LogP contribution in [0, 0.1) is 0 Å². The lowest BCUT2D eigenvalue weighted by Crippen LogP contribution is -2.60. The van der Waals surface area contributed by atoms with Crippen molar-refractivity contribution in [3.63, 3.8) is 0 Å². The van der Waals surface area contributed by atoms with Crippen LogP contribution in [-0.4, -0.2) is 48.3 Å². The third kappa shape index (κ3) is 4.49. The van der Waals surface area contributed by atoms with E-state index in [0.717, 1.165) is 9.80 Å². The summed E-state index contributed by atoms with van der Waals surface area (Å²) in [5, 5.41) is 0. The van der Waals surface area contributed by atoms with Crippen molar-refractivity contribution in [2.75, 3.05) is 16.9 Å².